The largest absolute Gasteiger partial charge is 0.462 e. The van der Waals surface area contributed by atoms with Gasteiger partial charge in [0, 0.05) is 12.8 Å². The van der Waals surface area contributed by atoms with Crippen molar-refractivity contribution in [3.05, 3.63) is 36.5 Å². The summed E-state index contributed by atoms with van der Waals surface area (Å²) in [7, 11) is 0. The maximum absolute atomic E-state index is 12.7. The first kappa shape index (κ1) is 49.9. The second-order valence-electron chi connectivity index (χ2n) is 14.8. The lowest BCUT2D eigenvalue weighted by Gasteiger charge is -2.39. The van der Waals surface area contributed by atoms with Gasteiger partial charge in [0.25, 0.3) is 0 Å². The third-order valence-corrected chi connectivity index (χ3v) is 9.75. The summed E-state index contributed by atoms with van der Waals surface area (Å²) in [6.45, 7) is 3.34. The number of hydrogen-bond donors (Lipinski definition) is 4. The molecule has 0 radical (unpaired) electrons. The van der Waals surface area contributed by atoms with Gasteiger partial charge in [-0.25, -0.2) is 0 Å². The molecule has 0 aliphatic carbocycles. The molecule has 6 atom stereocenters. The molecule has 1 heterocycles. The van der Waals surface area contributed by atoms with E-state index in [1.54, 1.807) is 0 Å². The van der Waals surface area contributed by atoms with Gasteiger partial charge in [-0.2, -0.15) is 0 Å². The number of carbonyl (C=O) groups excluding carboxylic acids is 2. The van der Waals surface area contributed by atoms with Crippen molar-refractivity contribution in [2.75, 3.05) is 19.8 Å². The van der Waals surface area contributed by atoms with Crippen LogP contribution in [-0.2, 0) is 28.5 Å². The Hall–Kier alpha value is -2.08. The maximum Gasteiger partial charge on any atom is 0.306 e. The van der Waals surface area contributed by atoms with Crippen LogP contribution in [0.4, 0.5) is 0 Å². The van der Waals surface area contributed by atoms with E-state index in [9.17, 15) is 30.0 Å². The molecule has 1 fully saturated rings. The molecular formula is C44H78O10. The van der Waals surface area contributed by atoms with Gasteiger partial charge in [0.2, 0.25) is 0 Å². The van der Waals surface area contributed by atoms with Crippen molar-refractivity contribution in [1.29, 1.82) is 0 Å². The number of aliphatic hydroxyl groups is 4. The van der Waals surface area contributed by atoms with E-state index in [-0.39, 0.29) is 26.1 Å². The summed E-state index contributed by atoms with van der Waals surface area (Å²) < 4.78 is 22.1. The molecule has 1 saturated heterocycles. The average molecular weight is 767 g/mol. The summed E-state index contributed by atoms with van der Waals surface area (Å²) in [5.74, 6) is -0.849. The van der Waals surface area contributed by atoms with Gasteiger partial charge in [0.05, 0.1) is 13.2 Å². The Bertz CT molecular complexity index is 980. The molecule has 2 unspecified atom stereocenters. The highest BCUT2D eigenvalue weighted by molar-refractivity contribution is 5.70. The number of aliphatic hydroxyl groups excluding tert-OH is 4. The monoisotopic (exact) mass is 767 g/mol. The first-order valence-electron chi connectivity index (χ1n) is 21.6. The van der Waals surface area contributed by atoms with Crippen molar-refractivity contribution in [2.24, 2.45) is 0 Å². The topological polar surface area (TPSA) is 152 Å². The van der Waals surface area contributed by atoms with Crippen LogP contribution in [-0.4, -0.2) is 89.0 Å². The van der Waals surface area contributed by atoms with Gasteiger partial charge in [-0.3, -0.25) is 9.59 Å². The average Bonchev–Trinajstić information content (AvgIpc) is 3.17. The van der Waals surface area contributed by atoms with Crippen LogP contribution in [0.15, 0.2) is 36.5 Å². The molecule has 0 aromatic rings. The number of hydrogen-bond acceptors (Lipinski definition) is 10. The van der Waals surface area contributed by atoms with Crippen LogP contribution in [0, 0.1) is 0 Å². The van der Waals surface area contributed by atoms with Crippen molar-refractivity contribution in [2.45, 2.75) is 211 Å². The van der Waals surface area contributed by atoms with Crippen LogP contribution in [0.1, 0.15) is 174 Å². The number of allylic oxidation sites excluding steroid dienone is 6. The fourth-order valence-electron chi connectivity index (χ4n) is 6.26. The molecular weight excluding hydrogens is 688 g/mol. The lowest BCUT2D eigenvalue weighted by atomic mass is 9.99. The number of ether oxygens (including phenoxy) is 4. The van der Waals surface area contributed by atoms with Crippen LogP contribution in [0.2, 0.25) is 0 Å². The molecule has 54 heavy (non-hydrogen) atoms. The summed E-state index contributed by atoms with van der Waals surface area (Å²) in [6.07, 6.45) is 31.5. The molecule has 0 aromatic heterocycles. The third kappa shape index (κ3) is 26.7. The molecule has 0 bridgehead atoms. The van der Waals surface area contributed by atoms with Gasteiger partial charge in [-0.15, -0.1) is 0 Å². The van der Waals surface area contributed by atoms with E-state index in [1.807, 2.05) is 0 Å². The second-order valence-corrected chi connectivity index (χ2v) is 14.8. The quantitative estimate of drug-likeness (QED) is 0.0280. The first-order chi connectivity index (χ1) is 26.3. The SMILES string of the molecule is CCCC/C=C/C/C=C/CCCCCCCC(=O)O[C@@H](COC(=O)CCCC/C=C/CCCCCCCCCCC)CO[C@H]1O[C@@H](CO)[C@@H](O)C(O)C1O. The first-order valence-corrected chi connectivity index (χ1v) is 21.6. The second kappa shape index (κ2) is 35.3. The zero-order valence-electron chi connectivity index (χ0n) is 34.0. The van der Waals surface area contributed by atoms with E-state index in [0.717, 1.165) is 64.2 Å². The predicted octanol–water partition coefficient (Wildman–Crippen LogP) is 8.72. The molecule has 10 heteroatoms. The minimum Gasteiger partial charge on any atom is -0.462 e. The Morgan fingerprint density at radius 3 is 1.65 bits per heavy atom. The van der Waals surface area contributed by atoms with Gasteiger partial charge in [0.1, 0.15) is 31.0 Å². The zero-order chi connectivity index (χ0) is 39.5. The predicted molar refractivity (Wildman–Crippen MR) is 215 cm³/mol. The lowest BCUT2D eigenvalue weighted by Crippen LogP contribution is -2.59. The normalized spacial score (nSPS) is 21.0. The number of carbonyl (C=O) groups is 2. The summed E-state index contributed by atoms with van der Waals surface area (Å²) in [6, 6.07) is 0. The summed E-state index contributed by atoms with van der Waals surface area (Å²) in [5, 5.41) is 40.0. The highest BCUT2D eigenvalue weighted by Gasteiger charge is 2.44. The molecule has 0 amide bonds. The van der Waals surface area contributed by atoms with E-state index in [1.165, 1.54) is 70.6 Å². The van der Waals surface area contributed by atoms with Gasteiger partial charge >= 0.3 is 11.9 Å². The third-order valence-electron chi connectivity index (χ3n) is 9.75. The zero-order valence-corrected chi connectivity index (χ0v) is 34.0. The van der Waals surface area contributed by atoms with Crippen LogP contribution < -0.4 is 0 Å². The molecule has 0 spiro atoms. The number of esters is 2. The van der Waals surface area contributed by atoms with Crippen LogP contribution >= 0.6 is 0 Å². The van der Waals surface area contributed by atoms with Gasteiger partial charge < -0.3 is 39.4 Å². The van der Waals surface area contributed by atoms with E-state index in [2.05, 4.69) is 50.3 Å². The fourth-order valence-corrected chi connectivity index (χ4v) is 6.26. The Labute approximate surface area is 327 Å². The summed E-state index contributed by atoms with van der Waals surface area (Å²) >= 11 is 0. The Kier molecular flexibility index (Phi) is 32.7. The fraction of sp³-hybridized carbons (Fsp3) is 0.818. The highest BCUT2D eigenvalue weighted by Crippen LogP contribution is 2.22. The van der Waals surface area contributed by atoms with Crippen molar-refractivity contribution in [1.82, 2.24) is 0 Å². The molecule has 1 rings (SSSR count). The van der Waals surface area contributed by atoms with Crippen LogP contribution in [0.3, 0.4) is 0 Å². The molecule has 314 valence electrons. The Morgan fingerprint density at radius 1 is 0.574 bits per heavy atom. The molecule has 0 aromatic carbocycles. The van der Waals surface area contributed by atoms with Crippen molar-refractivity contribution >= 4 is 11.9 Å². The highest BCUT2D eigenvalue weighted by atomic mass is 16.7. The van der Waals surface area contributed by atoms with Gasteiger partial charge in [0.15, 0.2) is 12.4 Å². The Morgan fingerprint density at radius 2 is 1.06 bits per heavy atom. The van der Waals surface area contributed by atoms with Crippen molar-refractivity contribution in [3.8, 4) is 0 Å². The van der Waals surface area contributed by atoms with Crippen LogP contribution in [0.25, 0.3) is 0 Å². The molecule has 1 aliphatic heterocycles. The maximum atomic E-state index is 12.7. The molecule has 1 aliphatic rings. The number of unbranched alkanes of at least 4 members (excludes halogenated alkanes) is 18. The molecule has 4 N–H and O–H groups in total. The van der Waals surface area contributed by atoms with Gasteiger partial charge in [-0.05, 0) is 64.2 Å². The molecule has 10 nitrogen and oxygen atoms in total. The Balaban J connectivity index is 2.38. The standard InChI is InChI=1S/C44H78O10/c1-3-5-7-9-11-13-15-17-19-21-22-24-26-28-30-32-39(46)51-35-37(36-52-44-43(50)42(49)41(48)38(34-45)54-44)53-40(47)33-31-29-27-25-23-20-18-16-14-12-10-8-6-4-2/h10,12,16,18,22,24,37-38,41-45,48-50H,3-9,11,13-15,17,19-21,23,25-36H2,1-2H3/b12-10+,18-16+,24-22+/t37-,38-,41+,42?,43?,44-/m0/s1. The summed E-state index contributed by atoms with van der Waals surface area (Å²) in [4.78, 5) is 25.3. The van der Waals surface area contributed by atoms with E-state index < -0.39 is 55.4 Å². The number of rotatable bonds is 35. The minimum atomic E-state index is -1.60. The van der Waals surface area contributed by atoms with Crippen LogP contribution in [0.5, 0.6) is 0 Å². The van der Waals surface area contributed by atoms with E-state index >= 15 is 0 Å². The van der Waals surface area contributed by atoms with Crippen molar-refractivity contribution in [3.63, 3.8) is 0 Å². The van der Waals surface area contributed by atoms with Crippen molar-refractivity contribution < 1.29 is 49.0 Å². The smallest absolute Gasteiger partial charge is 0.306 e. The van der Waals surface area contributed by atoms with Gasteiger partial charge in [-0.1, -0.05) is 134 Å². The molecule has 0 saturated carbocycles. The lowest BCUT2D eigenvalue weighted by molar-refractivity contribution is -0.305. The van der Waals surface area contributed by atoms with E-state index in [4.69, 9.17) is 18.9 Å². The van der Waals surface area contributed by atoms with E-state index in [0.29, 0.717) is 12.8 Å². The summed E-state index contributed by atoms with van der Waals surface area (Å²) in [5.41, 5.74) is 0. The minimum absolute atomic E-state index is 0.210.